The number of fused-ring (bicyclic) bond motifs is 4. The maximum atomic E-state index is 13.7. The highest BCUT2D eigenvalue weighted by Gasteiger charge is 2.70. The van der Waals surface area contributed by atoms with Crippen LogP contribution in [0, 0.1) is 16.7 Å². The molecule has 1 spiro atoms. The van der Waals surface area contributed by atoms with Crippen molar-refractivity contribution in [2.24, 2.45) is 5.41 Å². The van der Waals surface area contributed by atoms with E-state index in [4.69, 9.17) is 14.2 Å². The smallest absolute Gasteiger partial charge is 0.260 e. The fraction of sp³-hybridized carbons (Fsp3) is 0.550. The molecular weight excluding hydrogens is 426 g/mol. The van der Waals surface area contributed by atoms with Crippen molar-refractivity contribution in [1.82, 2.24) is 9.80 Å². The second-order valence-corrected chi connectivity index (χ2v) is 10.9. The molecule has 1 aromatic carbocycles. The quantitative estimate of drug-likeness (QED) is 0.639. The van der Waals surface area contributed by atoms with Crippen molar-refractivity contribution in [3.05, 3.63) is 17.7 Å². The van der Waals surface area contributed by atoms with Gasteiger partial charge in [0.1, 0.15) is 5.25 Å². The number of benzene rings is 1. The molecule has 5 aliphatic heterocycles. The number of hydrogen-bond donors (Lipinski definition) is 0. The van der Waals surface area contributed by atoms with Gasteiger partial charge >= 0.3 is 0 Å². The lowest BCUT2D eigenvalue weighted by Gasteiger charge is -2.42. The van der Waals surface area contributed by atoms with E-state index < -0.39 is 21.6 Å². The molecule has 5 aliphatic rings. The van der Waals surface area contributed by atoms with E-state index in [2.05, 4.69) is 6.07 Å². The van der Waals surface area contributed by atoms with E-state index >= 15 is 0 Å². The first kappa shape index (κ1) is 19.7. The minimum absolute atomic E-state index is 0.0806. The summed E-state index contributed by atoms with van der Waals surface area (Å²) in [5.74, 6) is 1.20. The van der Waals surface area contributed by atoms with E-state index in [1.54, 1.807) is 22.9 Å². The van der Waals surface area contributed by atoms with Gasteiger partial charge in [-0.3, -0.25) is 9.59 Å². The molecule has 0 saturated carbocycles. The third-order valence-electron chi connectivity index (χ3n) is 6.61. The van der Waals surface area contributed by atoms with Crippen molar-refractivity contribution in [1.29, 1.82) is 5.26 Å². The van der Waals surface area contributed by atoms with Gasteiger partial charge in [-0.15, -0.1) is 0 Å². The lowest BCUT2D eigenvalue weighted by atomic mass is 9.79. The van der Waals surface area contributed by atoms with Gasteiger partial charge in [0.15, 0.2) is 16.4 Å². The van der Waals surface area contributed by atoms with Gasteiger partial charge in [-0.1, -0.05) is 21.6 Å². The molecule has 0 aliphatic carbocycles. The van der Waals surface area contributed by atoms with Crippen LogP contribution in [0.3, 0.4) is 0 Å². The molecule has 0 radical (unpaired) electrons. The predicted molar refractivity (Wildman–Crippen MR) is 111 cm³/mol. The van der Waals surface area contributed by atoms with E-state index in [-0.39, 0.29) is 31.1 Å². The van der Waals surface area contributed by atoms with E-state index in [0.717, 1.165) is 0 Å². The molecule has 0 aromatic heterocycles. The maximum Gasteiger partial charge on any atom is 0.260 e. The number of nitrogens with zero attached hydrogens (tertiary/aromatic N) is 3. The molecule has 8 nitrogen and oxygen atoms in total. The number of ether oxygens (including phenoxy) is 3. The molecule has 5 heterocycles. The molecule has 0 N–H and O–H groups in total. The summed E-state index contributed by atoms with van der Waals surface area (Å²) in [6.07, 6.45) is 0.241. The lowest BCUT2D eigenvalue weighted by Crippen LogP contribution is -2.55. The van der Waals surface area contributed by atoms with Crippen LogP contribution in [-0.4, -0.2) is 58.7 Å². The lowest BCUT2D eigenvalue weighted by molar-refractivity contribution is -0.142. The monoisotopic (exact) mass is 447 g/mol. The zero-order chi connectivity index (χ0) is 21.4. The number of amides is 2. The van der Waals surface area contributed by atoms with E-state index in [9.17, 15) is 14.9 Å². The number of hydrogen-bond acceptors (Lipinski definition) is 8. The van der Waals surface area contributed by atoms with Crippen LogP contribution in [0.1, 0.15) is 31.9 Å². The Morgan fingerprint density at radius 2 is 2.10 bits per heavy atom. The molecule has 2 bridgehead atoms. The number of likely N-dealkylation sites (N-methyl/N-ethyl adjacent to an activating group) is 1. The molecule has 4 saturated heterocycles. The first-order valence-corrected chi connectivity index (χ1v) is 11.8. The first-order chi connectivity index (χ1) is 14.3. The van der Waals surface area contributed by atoms with Crippen molar-refractivity contribution in [3.8, 4) is 23.3 Å². The summed E-state index contributed by atoms with van der Waals surface area (Å²) in [4.78, 5) is 29.5. The Balaban J connectivity index is 1.75. The van der Waals surface area contributed by atoms with E-state index in [1.165, 1.54) is 28.7 Å². The van der Waals surface area contributed by atoms with Crippen molar-refractivity contribution in [3.63, 3.8) is 0 Å². The third-order valence-corrected chi connectivity index (χ3v) is 10.0. The molecular formula is C20H21N3O5S2. The minimum Gasteiger partial charge on any atom is -0.492 e. The molecule has 4 fully saturated rings. The van der Waals surface area contributed by atoms with Crippen LogP contribution in [0.4, 0.5) is 0 Å². The summed E-state index contributed by atoms with van der Waals surface area (Å²) in [7, 11) is 6.11. The molecule has 2 amide bonds. The van der Waals surface area contributed by atoms with Gasteiger partial charge < -0.3 is 24.0 Å². The minimum atomic E-state index is -1.13. The number of carbonyl (C=O) groups excluding carboxylic acids is 2. The zero-order valence-corrected chi connectivity index (χ0v) is 18.6. The standard InChI is InChI=1S/C20H21N3O5S2/c1-10-15-17(24)23-16(11-5-6-12-14(13(11)26-4)28-9-27-12)19(2,8-21)7-20(23,30-29-15)18(25)22(10)3/h5-6,10,15-16H,7,9H2,1-4H3/t10?,15?,16?,19-,20+/m1/s1. The number of nitriles is 1. The Morgan fingerprint density at radius 1 is 1.33 bits per heavy atom. The maximum absolute atomic E-state index is 13.7. The van der Waals surface area contributed by atoms with Crippen LogP contribution in [0.15, 0.2) is 12.1 Å². The Kier molecular flexibility index (Phi) is 4.19. The van der Waals surface area contributed by atoms with Crippen molar-refractivity contribution < 1.29 is 23.8 Å². The number of carbonyl (C=O) groups is 2. The van der Waals surface area contributed by atoms with Gasteiger partial charge in [0.2, 0.25) is 18.4 Å². The Labute approximate surface area is 182 Å². The average Bonchev–Trinajstić information content (AvgIpc) is 3.29. The van der Waals surface area contributed by atoms with Gasteiger partial charge in [0, 0.05) is 19.0 Å². The van der Waals surface area contributed by atoms with E-state index in [0.29, 0.717) is 22.8 Å². The van der Waals surface area contributed by atoms with Crippen molar-refractivity contribution in [2.75, 3.05) is 21.0 Å². The van der Waals surface area contributed by atoms with Crippen molar-refractivity contribution >= 4 is 33.4 Å². The highest BCUT2D eigenvalue weighted by Crippen LogP contribution is 2.67. The Hall–Kier alpha value is -2.25. The zero-order valence-electron chi connectivity index (χ0n) is 17.0. The summed E-state index contributed by atoms with van der Waals surface area (Å²) in [5, 5.41) is 9.82. The van der Waals surface area contributed by atoms with Gasteiger partial charge in [0.25, 0.3) is 5.91 Å². The summed E-state index contributed by atoms with van der Waals surface area (Å²) < 4.78 is 16.7. The first-order valence-electron chi connectivity index (χ1n) is 9.62. The summed E-state index contributed by atoms with van der Waals surface area (Å²) in [6.45, 7) is 3.79. The van der Waals surface area contributed by atoms with Gasteiger partial charge in [-0.05, 0) is 26.0 Å². The summed E-state index contributed by atoms with van der Waals surface area (Å²) >= 11 is 0. The molecule has 3 unspecified atom stereocenters. The highest BCUT2D eigenvalue weighted by molar-refractivity contribution is 8.77. The van der Waals surface area contributed by atoms with Gasteiger partial charge in [-0.25, -0.2) is 0 Å². The Bertz CT molecular complexity index is 1010. The molecule has 158 valence electrons. The second-order valence-electron chi connectivity index (χ2n) is 8.28. The summed E-state index contributed by atoms with van der Waals surface area (Å²) in [5.41, 5.74) is -0.340. The third kappa shape index (κ3) is 2.25. The highest BCUT2D eigenvalue weighted by atomic mass is 33.1. The molecule has 5 atom stereocenters. The van der Waals surface area contributed by atoms with Crippen LogP contribution >= 0.6 is 21.6 Å². The number of rotatable bonds is 2. The number of methoxy groups -OCH3 is 1. The average molecular weight is 448 g/mol. The fourth-order valence-corrected chi connectivity index (χ4v) is 8.79. The predicted octanol–water partition coefficient (Wildman–Crippen LogP) is 2.55. The molecule has 10 heteroatoms. The van der Waals surface area contributed by atoms with Gasteiger partial charge in [0.05, 0.1) is 30.7 Å². The summed E-state index contributed by atoms with van der Waals surface area (Å²) in [6, 6.07) is 5.10. The topological polar surface area (TPSA) is 92.1 Å². The fourth-order valence-electron chi connectivity index (χ4n) is 4.99. The van der Waals surface area contributed by atoms with Crippen LogP contribution in [-0.2, 0) is 9.59 Å². The van der Waals surface area contributed by atoms with Crippen LogP contribution in [0.5, 0.6) is 17.2 Å². The van der Waals surface area contributed by atoms with Crippen LogP contribution in [0.25, 0.3) is 0 Å². The Morgan fingerprint density at radius 3 is 2.80 bits per heavy atom. The van der Waals surface area contributed by atoms with Gasteiger partial charge in [-0.2, -0.15) is 5.26 Å². The molecule has 30 heavy (non-hydrogen) atoms. The van der Waals surface area contributed by atoms with Crippen molar-refractivity contribution in [2.45, 2.75) is 42.5 Å². The largest absolute Gasteiger partial charge is 0.492 e. The molecule has 1 aromatic rings. The van der Waals surface area contributed by atoms with Crippen LogP contribution in [0.2, 0.25) is 0 Å². The van der Waals surface area contributed by atoms with Crippen LogP contribution < -0.4 is 14.2 Å². The second kappa shape index (κ2) is 6.37. The van der Waals surface area contributed by atoms with E-state index in [1.807, 2.05) is 19.9 Å². The molecule has 6 rings (SSSR count). The SMILES string of the molecule is COc1c(C2N3C(=O)C4SS[C@@]3(C[C@]2(C)C#N)C(=O)N(C)C4C)ccc2c1OCO2. The normalized spacial score (nSPS) is 36.6.